The lowest BCUT2D eigenvalue weighted by atomic mass is 10.1. The fourth-order valence-electron chi connectivity index (χ4n) is 2.38. The Bertz CT molecular complexity index is 890. The molecule has 0 radical (unpaired) electrons. The summed E-state index contributed by atoms with van der Waals surface area (Å²) in [5, 5.41) is 5.52. The van der Waals surface area contributed by atoms with E-state index in [4.69, 9.17) is 0 Å². The quantitative estimate of drug-likeness (QED) is 0.760. The minimum Gasteiger partial charge on any atom is -0.326 e. The predicted molar refractivity (Wildman–Crippen MR) is 98.4 cm³/mol. The Morgan fingerprint density at radius 1 is 0.840 bits per heavy atom. The zero-order valence-corrected chi connectivity index (χ0v) is 13.7. The van der Waals surface area contributed by atoms with E-state index in [-0.39, 0.29) is 11.8 Å². The van der Waals surface area contributed by atoms with Gasteiger partial charge in [0.05, 0.1) is 5.69 Å². The number of rotatable bonds is 4. The zero-order valence-electron chi connectivity index (χ0n) is 13.7. The van der Waals surface area contributed by atoms with Crippen molar-refractivity contribution in [2.75, 3.05) is 10.6 Å². The minimum absolute atomic E-state index is 0.137. The topological polar surface area (TPSA) is 71.1 Å². The second kappa shape index (κ2) is 7.40. The maximum Gasteiger partial charge on any atom is 0.255 e. The number of hydrogen-bond acceptors (Lipinski definition) is 3. The van der Waals surface area contributed by atoms with E-state index in [1.807, 2.05) is 30.3 Å². The molecule has 0 fully saturated rings. The fraction of sp³-hybridized carbons (Fsp3) is 0.0500. The summed E-state index contributed by atoms with van der Waals surface area (Å²) in [7, 11) is 0. The van der Waals surface area contributed by atoms with Crippen LogP contribution in [0.1, 0.15) is 17.3 Å². The van der Waals surface area contributed by atoms with Crippen molar-refractivity contribution in [3.05, 3.63) is 78.5 Å². The van der Waals surface area contributed by atoms with Crippen molar-refractivity contribution in [2.24, 2.45) is 0 Å². The summed E-state index contributed by atoms with van der Waals surface area (Å²) in [6.07, 6.45) is 1.62. The van der Waals surface area contributed by atoms with E-state index in [0.717, 1.165) is 11.3 Å². The zero-order chi connectivity index (χ0) is 17.6. The van der Waals surface area contributed by atoms with Crippen LogP contribution in [-0.4, -0.2) is 16.8 Å². The van der Waals surface area contributed by atoms with Gasteiger partial charge in [-0.15, -0.1) is 0 Å². The highest BCUT2D eigenvalue weighted by molar-refractivity contribution is 6.04. The highest BCUT2D eigenvalue weighted by atomic mass is 16.2. The molecule has 3 aromatic rings. The third kappa shape index (κ3) is 4.29. The molecule has 0 saturated carbocycles. The summed E-state index contributed by atoms with van der Waals surface area (Å²) in [5.41, 5.74) is 3.56. The van der Waals surface area contributed by atoms with Crippen molar-refractivity contribution in [3.8, 4) is 11.3 Å². The molecule has 0 bridgehead atoms. The molecule has 3 rings (SSSR count). The molecule has 5 nitrogen and oxygen atoms in total. The molecule has 2 amide bonds. The van der Waals surface area contributed by atoms with E-state index < -0.39 is 0 Å². The van der Waals surface area contributed by atoms with E-state index in [1.165, 1.54) is 6.92 Å². The van der Waals surface area contributed by atoms with Crippen LogP contribution in [0.3, 0.4) is 0 Å². The summed E-state index contributed by atoms with van der Waals surface area (Å²) in [5.74, 6) is -0.353. The normalized spacial score (nSPS) is 10.1. The van der Waals surface area contributed by atoms with E-state index in [9.17, 15) is 9.59 Å². The molecular formula is C20H17N3O2. The lowest BCUT2D eigenvalue weighted by molar-refractivity contribution is -0.114. The first-order valence-electron chi connectivity index (χ1n) is 7.82. The molecule has 0 aliphatic rings. The largest absolute Gasteiger partial charge is 0.326 e. The Kier molecular flexibility index (Phi) is 4.85. The second-order valence-electron chi connectivity index (χ2n) is 5.51. The monoisotopic (exact) mass is 331 g/mol. The van der Waals surface area contributed by atoms with E-state index >= 15 is 0 Å². The summed E-state index contributed by atoms with van der Waals surface area (Å²) < 4.78 is 0. The van der Waals surface area contributed by atoms with Gasteiger partial charge in [0, 0.05) is 35.6 Å². The number of benzene rings is 2. The predicted octanol–water partition coefficient (Wildman–Crippen LogP) is 3.96. The molecule has 25 heavy (non-hydrogen) atoms. The molecule has 0 aliphatic heterocycles. The van der Waals surface area contributed by atoms with Crippen molar-refractivity contribution in [2.45, 2.75) is 6.92 Å². The molecule has 0 saturated heterocycles. The van der Waals surface area contributed by atoms with Gasteiger partial charge in [0.25, 0.3) is 5.91 Å². The molecule has 1 aromatic heterocycles. The number of amides is 2. The van der Waals surface area contributed by atoms with Crippen LogP contribution < -0.4 is 10.6 Å². The number of carbonyl (C=O) groups is 2. The number of nitrogens with one attached hydrogen (secondary N) is 2. The van der Waals surface area contributed by atoms with Gasteiger partial charge in [-0.3, -0.25) is 14.6 Å². The molecular weight excluding hydrogens is 314 g/mol. The first-order valence-corrected chi connectivity index (χ1v) is 7.82. The molecule has 1 heterocycles. The van der Waals surface area contributed by atoms with Gasteiger partial charge in [-0.2, -0.15) is 0 Å². The van der Waals surface area contributed by atoms with Gasteiger partial charge in [0.15, 0.2) is 0 Å². The number of aromatic nitrogens is 1. The Hall–Kier alpha value is -3.47. The van der Waals surface area contributed by atoms with Crippen molar-refractivity contribution < 1.29 is 9.59 Å². The summed E-state index contributed by atoms with van der Waals surface area (Å²) in [6, 6.07) is 20.1. The van der Waals surface area contributed by atoms with Crippen molar-refractivity contribution in [1.29, 1.82) is 0 Å². The molecule has 2 aromatic carbocycles. The van der Waals surface area contributed by atoms with Gasteiger partial charge in [0.1, 0.15) is 0 Å². The molecule has 0 aliphatic carbocycles. The summed E-state index contributed by atoms with van der Waals surface area (Å²) in [4.78, 5) is 27.8. The van der Waals surface area contributed by atoms with Crippen molar-refractivity contribution in [3.63, 3.8) is 0 Å². The highest BCUT2D eigenvalue weighted by Crippen LogP contribution is 2.19. The lowest BCUT2D eigenvalue weighted by Gasteiger charge is -2.08. The Balaban J connectivity index is 1.74. The van der Waals surface area contributed by atoms with Gasteiger partial charge in [0.2, 0.25) is 5.91 Å². The molecule has 5 heteroatoms. The molecule has 0 atom stereocenters. The molecule has 2 N–H and O–H groups in total. The van der Waals surface area contributed by atoms with Crippen LogP contribution in [-0.2, 0) is 4.79 Å². The van der Waals surface area contributed by atoms with Crippen LogP contribution >= 0.6 is 0 Å². The highest BCUT2D eigenvalue weighted by Gasteiger charge is 2.08. The maximum atomic E-state index is 12.5. The summed E-state index contributed by atoms with van der Waals surface area (Å²) >= 11 is 0. The number of carbonyl (C=O) groups excluding carboxylic acids is 2. The van der Waals surface area contributed by atoms with Crippen LogP contribution in [0, 0.1) is 0 Å². The SMILES string of the molecule is CC(=O)Nc1ccc(NC(=O)c2ccnc(-c3ccccc3)c2)cc1. The van der Waals surface area contributed by atoms with E-state index in [0.29, 0.717) is 16.9 Å². The van der Waals surface area contributed by atoms with Crippen LogP contribution in [0.2, 0.25) is 0 Å². The Morgan fingerprint density at radius 2 is 1.48 bits per heavy atom. The Labute approximate surface area is 145 Å². The van der Waals surface area contributed by atoms with Gasteiger partial charge in [-0.05, 0) is 36.4 Å². The molecule has 0 spiro atoms. The minimum atomic E-state index is -0.216. The first-order chi connectivity index (χ1) is 12.1. The first kappa shape index (κ1) is 16.4. The van der Waals surface area contributed by atoms with Crippen LogP contribution in [0.5, 0.6) is 0 Å². The smallest absolute Gasteiger partial charge is 0.255 e. The van der Waals surface area contributed by atoms with Crippen LogP contribution in [0.4, 0.5) is 11.4 Å². The standard InChI is InChI=1S/C20H17N3O2/c1-14(24)22-17-7-9-18(10-8-17)23-20(25)16-11-12-21-19(13-16)15-5-3-2-4-6-15/h2-13H,1H3,(H,22,24)(H,23,25). The fourth-order valence-corrected chi connectivity index (χ4v) is 2.38. The number of pyridine rings is 1. The number of hydrogen-bond donors (Lipinski definition) is 2. The van der Waals surface area contributed by atoms with Gasteiger partial charge in [-0.1, -0.05) is 30.3 Å². The second-order valence-corrected chi connectivity index (χ2v) is 5.51. The number of nitrogens with zero attached hydrogens (tertiary/aromatic N) is 1. The lowest BCUT2D eigenvalue weighted by Crippen LogP contribution is -2.12. The van der Waals surface area contributed by atoms with E-state index in [1.54, 1.807) is 42.6 Å². The summed E-state index contributed by atoms with van der Waals surface area (Å²) in [6.45, 7) is 1.45. The van der Waals surface area contributed by atoms with Gasteiger partial charge in [-0.25, -0.2) is 0 Å². The number of anilines is 2. The molecule has 0 unspecified atom stereocenters. The van der Waals surface area contributed by atoms with Crippen molar-refractivity contribution >= 4 is 23.2 Å². The molecule has 124 valence electrons. The average molecular weight is 331 g/mol. The van der Waals surface area contributed by atoms with Crippen LogP contribution in [0.25, 0.3) is 11.3 Å². The maximum absolute atomic E-state index is 12.5. The third-order valence-electron chi connectivity index (χ3n) is 3.55. The van der Waals surface area contributed by atoms with Gasteiger partial charge >= 0.3 is 0 Å². The van der Waals surface area contributed by atoms with Crippen molar-refractivity contribution in [1.82, 2.24) is 4.98 Å². The van der Waals surface area contributed by atoms with Gasteiger partial charge < -0.3 is 10.6 Å². The van der Waals surface area contributed by atoms with E-state index in [2.05, 4.69) is 15.6 Å². The average Bonchev–Trinajstić information content (AvgIpc) is 2.64. The Morgan fingerprint density at radius 3 is 2.12 bits per heavy atom. The van der Waals surface area contributed by atoms with Crippen LogP contribution in [0.15, 0.2) is 72.9 Å². The third-order valence-corrected chi connectivity index (χ3v) is 3.55.